The minimum Gasteiger partial charge on any atom is -0.0885 e. The minimum absolute atomic E-state index is 0.820. The van der Waals surface area contributed by atoms with Gasteiger partial charge in [0.15, 0.2) is 0 Å². The van der Waals surface area contributed by atoms with Gasteiger partial charge in [0.1, 0.15) is 0 Å². The average Bonchev–Trinajstić information content (AvgIpc) is 2.03. The third-order valence-corrected chi connectivity index (χ3v) is 2.54. The van der Waals surface area contributed by atoms with Crippen LogP contribution >= 0.6 is 0 Å². The number of rotatable bonds is 6. The molecule has 0 bridgehead atoms. The largest absolute Gasteiger partial charge is 0.0885 e. The monoisotopic (exact) mass is 168 g/mol. The first-order chi connectivity index (χ1) is 5.68. The molecule has 0 aliphatic heterocycles. The summed E-state index contributed by atoms with van der Waals surface area (Å²) < 4.78 is 0. The van der Waals surface area contributed by atoms with E-state index in [0.29, 0.717) is 0 Å². The Kier molecular flexibility index (Phi) is 7.23. The SMILES string of the molecule is CCCCC=CCC(C)C(C)C. The first-order valence-corrected chi connectivity index (χ1v) is 5.33. The maximum absolute atomic E-state index is 2.35. The average molecular weight is 168 g/mol. The molecule has 0 rings (SSSR count). The van der Waals surface area contributed by atoms with Gasteiger partial charge in [-0.2, -0.15) is 0 Å². The molecule has 0 aromatic carbocycles. The smallest absolute Gasteiger partial charge is 0.0322 e. The Labute approximate surface area is 78.1 Å². The molecule has 0 heteroatoms. The van der Waals surface area contributed by atoms with E-state index in [1.165, 1.54) is 25.7 Å². The second-order valence-corrected chi connectivity index (χ2v) is 4.07. The molecule has 0 aromatic rings. The van der Waals surface area contributed by atoms with Crippen molar-refractivity contribution in [3.8, 4) is 0 Å². The van der Waals surface area contributed by atoms with Gasteiger partial charge in [0.05, 0.1) is 0 Å². The molecular weight excluding hydrogens is 144 g/mol. The van der Waals surface area contributed by atoms with Crippen LogP contribution < -0.4 is 0 Å². The summed E-state index contributed by atoms with van der Waals surface area (Å²) >= 11 is 0. The Balaban J connectivity index is 3.33. The van der Waals surface area contributed by atoms with Crippen LogP contribution in [0.2, 0.25) is 0 Å². The maximum Gasteiger partial charge on any atom is -0.0322 e. The second-order valence-electron chi connectivity index (χ2n) is 4.07. The van der Waals surface area contributed by atoms with E-state index >= 15 is 0 Å². The van der Waals surface area contributed by atoms with Crippen LogP contribution in [0.1, 0.15) is 53.4 Å². The Hall–Kier alpha value is -0.260. The van der Waals surface area contributed by atoms with E-state index in [0.717, 1.165) is 11.8 Å². The van der Waals surface area contributed by atoms with Gasteiger partial charge in [-0.05, 0) is 24.7 Å². The summed E-state index contributed by atoms with van der Waals surface area (Å²) in [6, 6.07) is 0. The highest BCUT2D eigenvalue weighted by atomic mass is 14.1. The van der Waals surface area contributed by atoms with Crippen molar-refractivity contribution in [2.45, 2.75) is 53.4 Å². The van der Waals surface area contributed by atoms with Crippen LogP contribution in [0.15, 0.2) is 12.2 Å². The van der Waals surface area contributed by atoms with E-state index in [-0.39, 0.29) is 0 Å². The molecule has 0 aliphatic carbocycles. The quantitative estimate of drug-likeness (QED) is 0.407. The lowest BCUT2D eigenvalue weighted by Gasteiger charge is -2.11. The second kappa shape index (κ2) is 7.39. The molecule has 0 N–H and O–H groups in total. The highest BCUT2D eigenvalue weighted by Crippen LogP contribution is 2.14. The normalized spacial score (nSPS) is 14.4. The van der Waals surface area contributed by atoms with E-state index in [1.807, 2.05) is 0 Å². The summed E-state index contributed by atoms with van der Waals surface area (Å²) in [7, 11) is 0. The molecule has 0 saturated carbocycles. The van der Waals surface area contributed by atoms with Crippen molar-refractivity contribution in [1.29, 1.82) is 0 Å². The lowest BCUT2D eigenvalue weighted by atomic mass is 9.94. The fourth-order valence-corrected chi connectivity index (χ4v) is 1.02. The number of hydrogen-bond acceptors (Lipinski definition) is 0. The summed E-state index contributed by atoms with van der Waals surface area (Å²) in [6.07, 6.45) is 9.85. The van der Waals surface area contributed by atoms with Gasteiger partial charge in [0, 0.05) is 0 Å². The summed E-state index contributed by atoms with van der Waals surface area (Å²) in [5.41, 5.74) is 0. The lowest BCUT2D eigenvalue weighted by molar-refractivity contribution is 0.423. The summed E-state index contributed by atoms with van der Waals surface area (Å²) in [6.45, 7) is 9.16. The molecule has 72 valence electrons. The van der Waals surface area contributed by atoms with Gasteiger partial charge in [0.25, 0.3) is 0 Å². The van der Waals surface area contributed by atoms with Crippen molar-refractivity contribution in [2.24, 2.45) is 11.8 Å². The van der Waals surface area contributed by atoms with Gasteiger partial charge >= 0.3 is 0 Å². The maximum atomic E-state index is 2.35. The van der Waals surface area contributed by atoms with Crippen molar-refractivity contribution >= 4 is 0 Å². The number of allylic oxidation sites excluding steroid dienone is 2. The highest BCUT2D eigenvalue weighted by Gasteiger charge is 2.03. The summed E-state index contributed by atoms with van der Waals surface area (Å²) in [5.74, 6) is 1.66. The van der Waals surface area contributed by atoms with Gasteiger partial charge in [-0.15, -0.1) is 0 Å². The summed E-state index contributed by atoms with van der Waals surface area (Å²) in [5, 5.41) is 0. The molecule has 0 spiro atoms. The van der Waals surface area contributed by atoms with Crippen molar-refractivity contribution in [3.05, 3.63) is 12.2 Å². The third kappa shape index (κ3) is 6.45. The Morgan fingerprint density at radius 1 is 1.08 bits per heavy atom. The minimum atomic E-state index is 0.820. The van der Waals surface area contributed by atoms with E-state index in [9.17, 15) is 0 Å². The molecule has 0 radical (unpaired) electrons. The van der Waals surface area contributed by atoms with Crippen LogP contribution in [0.25, 0.3) is 0 Å². The third-order valence-electron chi connectivity index (χ3n) is 2.54. The van der Waals surface area contributed by atoms with Crippen molar-refractivity contribution in [1.82, 2.24) is 0 Å². The van der Waals surface area contributed by atoms with Gasteiger partial charge in [-0.1, -0.05) is 52.7 Å². The van der Waals surface area contributed by atoms with E-state index < -0.39 is 0 Å². The van der Waals surface area contributed by atoms with E-state index in [1.54, 1.807) is 0 Å². The Morgan fingerprint density at radius 2 is 1.75 bits per heavy atom. The predicted octanol–water partition coefficient (Wildman–Crippen LogP) is 4.42. The van der Waals surface area contributed by atoms with Crippen LogP contribution in [0.4, 0.5) is 0 Å². The molecular formula is C12H24. The fraction of sp³-hybridized carbons (Fsp3) is 0.833. The standard InChI is InChI=1S/C12H24/c1-5-6-7-8-9-10-12(4)11(2)3/h8-9,11-12H,5-7,10H2,1-4H3. The first kappa shape index (κ1) is 11.7. The Bertz CT molecular complexity index is 111. The first-order valence-electron chi connectivity index (χ1n) is 5.33. The molecule has 0 nitrogen and oxygen atoms in total. The van der Waals surface area contributed by atoms with Crippen LogP contribution in [-0.2, 0) is 0 Å². The number of hydrogen-bond donors (Lipinski definition) is 0. The summed E-state index contributed by atoms with van der Waals surface area (Å²) in [4.78, 5) is 0. The molecule has 0 amide bonds. The van der Waals surface area contributed by atoms with Gasteiger partial charge in [-0.25, -0.2) is 0 Å². The van der Waals surface area contributed by atoms with Crippen molar-refractivity contribution in [3.63, 3.8) is 0 Å². The molecule has 1 atom stereocenters. The molecule has 0 aliphatic rings. The zero-order chi connectivity index (χ0) is 9.40. The zero-order valence-corrected chi connectivity index (χ0v) is 9.14. The zero-order valence-electron chi connectivity index (χ0n) is 9.14. The fourth-order valence-electron chi connectivity index (χ4n) is 1.02. The molecule has 0 aromatic heterocycles. The van der Waals surface area contributed by atoms with E-state index in [4.69, 9.17) is 0 Å². The van der Waals surface area contributed by atoms with Gasteiger partial charge in [0.2, 0.25) is 0 Å². The Morgan fingerprint density at radius 3 is 2.25 bits per heavy atom. The van der Waals surface area contributed by atoms with Crippen LogP contribution in [0, 0.1) is 11.8 Å². The van der Waals surface area contributed by atoms with Crippen molar-refractivity contribution < 1.29 is 0 Å². The van der Waals surface area contributed by atoms with Crippen LogP contribution in [0.5, 0.6) is 0 Å². The number of unbranched alkanes of at least 4 members (excludes halogenated alkanes) is 2. The lowest BCUT2D eigenvalue weighted by Crippen LogP contribution is -2.01. The molecule has 12 heavy (non-hydrogen) atoms. The molecule has 0 saturated heterocycles. The topological polar surface area (TPSA) is 0 Å². The van der Waals surface area contributed by atoms with Gasteiger partial charge in [-0.3, -0.25) is 0 Å². The van der Waals surface area contributed by atoms with Crippen LogP contribution in [-0.4, -0.2) is 0 Å². The van der Waals surface area contributed by atoms with Crippen LogP contribution in [0.3, 0.4) is 0 Å². The predicted molar refractivity (Wildman–Crippen MR) is 57.3 cm³/mol. The van der Waals surface area contributed by atoms with Crippen molar-refractivity contribution in [2.75, 3.05) is 0 Å². The molecule has 0 heterocycles. The molecule has 0 fully saturated rings. The van der Waals surface area contributed by atoms with Gasteiger partial charge < -0.3 is 0 Å². The highest BCUT2D eigenvalue weighted by molar-refractivity contribution is 4.83. The molecule has 1 unspecified atom stereocenters. The van der Waals surface area contributed by atoms with E-state index in [2.05, 4.69) is 39.8 Å².